The zero-order valence-electron chi connectivity index (χ0n) is 27.7. The molecule has 0 fully saturated rings. The predicted octanol–water partition coefficient (Wildman–Crippen LogP) is 7.13. The van der Waals surface area contributed by atoms with Crippen LogP contribution in [0, 0.1) is 0 Å². The van der Waals surface area contributed by atoms with E-state index in [2.05, 4.69) is 44.9 Å². The van der Waals surface area contributed by atoms with E-state index in [-0.39, 0.29) is 31.6 Å². The summed E-state index contributed by atoms with van der Waals surface area (Å²) in [5.41, 5.74) is 7.40. The van der Waals surface area contributed by atoms with Gasteiger partial charge in [0.25, 0.3) is 0 Å². The van der Waals surface area contributed by atoms with Crippen molar-refractivity contribution in [1.82, 2.24) is 15.3 Å². The molecule has 0 bridgehead atoms. The number of alkyl carbamates (subject to hydrolysis) is 1. The van der Waals surface area contributed by atoms with Gasteiger partial charge >= 0.3 is 12.1 Å². The van der Waals surface area contributed by atoms with Gasteiger partial charge in [0.2, 0.25) is 5.91 Å². The molecule has 5 aromatic rings. The molecular weight excluding hydrogens is 639 g/mol. The first-order valence-corrected chi connectivity index (χ1v) is 16.8. The van der Waals surface area contributed by atoms with E-state index >= 15 is 0 Å². The van der Waals surface area contributed by atoms with Gasteiger partial charge in [-0.05, 0) is 72.4 Å². The number of likely N-dealkylation sites (N-methyl/N-ethyl adjacent to an activating group) is 1. The summed E-state index contributed by atoms with van der Waals surface area (Å²) in [6.07, 6.45) is 1.04. The molecular formula is C38H37N5O5S. The maximum absolute atomic E-state index is 12.7. The summed E-state index contributed by atoms with van der Waals surface area (Å²) in [5, 5.41) is 7.57. The number of amides is 2. The smallest absolute Gasteiger partial charge is 0.407 e. The van der Waals surface area contributed by atoms with Gasteiger partial charge in [0, 0.05) is 30.1 Å². The molecule has 2 amide bonds. The van der Waals surface area contributed by atoms with E-state index < -0.39 is 17.6 Å². The van der Waals surface area contributed by atoms with Crippen LogP contribution in [-0.4, -0.2) is 60.3 Å². The summed E-state index contributed by atoms with van der Waals surface area (Å²) in [6, 6.07) is 27.9. The molecule has 1 aliphatic rings. The number of benzene rings is 3. The second-order valence-electron chi connectivity index (χ2n) is 12.7. The molecule has 0 radical (unpaired) electrons. The summed E-state index contributed by atoms with van der Waals surface area (Å²) in [5.74, 6) is -0.170. The van der Waals surface area contributed by atoms with Crippen LogP contribution in [0.2, 0.25) is 0 Å². The van der Waals surface area contributed by atoms with E-state index in [0.29, 0.717) is 16.6 Å². The van der Waals surface area contributed by atoms with Crippen molar-refractivity contribution in [3.63, 3.8) is 0 Å². The molecule has 0 spiro atoms. The van der Waals surface area contributed by atoms with Crippen LogP contribution in [0.25, 0.3) is 33.5 Å². The van der Waals surface area contributed by atoms with Crippen LogP contribution < -0.4 is 15.5 Å². The maximum atomic E-state index is 12.7. The van der Waals surface area contributed by atoms with E-state index in [4.69, 9.17) is 9.47 Å². The van der Waals surface area contributed by atoms with Crippen LogP contribution in [0.15, 0.2) is 96.5 Å². The Morgan fingerprint density at radius 1 is 0.878 bits per heavy atom. The molecule has 0 atom stereocenters. The molecule has 2 N–H and O–H groups in total. The predicted molar refractivity (Wildman–Crippen MR) is 192 cm³/mol. The summed E-state index contributed by atoms with van der Waals surface area (Å²) in [6.45, 7) is 5.49. The number of hydrogen-bond donors (Lipinski definition) is 2. The van der Waals surface area contributed by atoms with Crippen LogP contribution in [0.3, 0.4) is 0 Å². The highest BCUT2D eigenvalue weighted by atomic mass is 32.1. The van der Waals surface area contributed by atoms with Crippen molar-refractivity contribution in [3.8, 4) is 33.5 Å². The quantitative estimate of drug-likeness (QED) is 0.150. The Labute approximate surface area is 289 Å². The second kappa shape index (κ2) is 14.3. The topological polar surface area (TPSA) is 123 Å². The lowest BCUT2D eigenvalue weighted by molar-refractivity contribution is -0.152. The van der Waals surface area contributed by atoms with Gasteiger partial charge < -0.3 is 25.0 Å². The third-order valence-electron chi connectivity index (χ3n) is 7.90. The maximum Gasteiger partial charge on any atom is 0.407 e. The number of nitrogens with zero attached hydrogens (tertiary/aromatic N) is 3. The first kappa shape index (κ1) is 33.4. The van der Waals surface area contributed by atoms with Gasteiger partial charge in [0.05, 0.1) is 5.69 Å². The fraction of sp³-hybridized carbons (Fsp3) is 0.237. The Bertz CT molecular complexity index is 1960. The molecule has 10 nitrogen and oxygen atoms in total. The Hall–Kier alpha value is -5.55. The lowest BCUT2D eigenvalue weighted by Gasteiger charge is -2.23. The number of pyridine rings is 1. The fourth-order valence-corrected chi connectivity index (χ4v) is 6.48. The van der Waals surface area contributed by atoms with Crippen LogP contribution in [0.5, 0.6) is 0 Å². The van der Waals surface area contributed by atoms with Gasteiger partial charge in [0.1, 0.15) is 31.1 Å². The summed E-state index contributed by atoms with van der Waals surface area (Å²) in [7, 11) is 1.80. The van der Waals surface area contributed by atoms with Crippen molar-refractivity contribution < 1.29 is 23.9 Å². The number of ether oxygens (including phenoxy) is 2. The van der Waals surface area contributed by atoms with Gasteiger partial charge in [0.15, 0.2) is 5.13 Å². The Kier molecular flexibility index (Phi) is 9.72. The number of anilines is 2. The van der Waals surface area contributed by atoms with Crippen molar-refractivity contribution in [2.24, 2.45) is 0 Å². The van der Waals surface area contributed by atoms with E-state index in [1.165, 1.54) is 11.3 Å². The molecule has 6 rings (SSSR count). The summed E-state index contributed by atoms with van der Waals surface area (Å²) >= 11 is 1.29. The average Bonchev–Trinajstić information content (AvgIpc) is 3.68. The zero-order valence-corrected chi connectivity index (χ0v) is 28.5. The minimum Gasteiger partial charge on any atom is -0.459 e. The molecule has 1 aliphatic carbocycles. The highest BCUT2D eigenvalue weighted by molar-refractivity contribution is 7.14. The number of hydrogen-bond acceptors (Lipinski definition) is 9. The fourth-order valence-electron chi connectivity index (χ4n) is 5.74. The third-order valence-corrected chi connectivity index (χ3v) is 8.66. The highest BCUT2D eigenvalue weighted by Gasteiger charge is 2.29. The van der Waals surface area contributed by atoms with Gasteiger partial charge in [-0.15, -0.1) is 11.3 Å². The van der Waals surface area contributed by atoms with Crippen molar-refractivity contribution >= 4 is 40.3 Å². The number of aromatic nitrogens is 2. The highest BCUT2D eigenvalue weighted by Crippen LogP contribution is 2.44. The minimum absolute atomic E-state index is 0.0645. The van der Waals surface area contributed by atoms with Crippen LogP contribution >= 0.6 is 11.3 Å². The molecule has 0 saturated carbocycles. The summed E-state index contributed by atoms with van der Waals surface area (Å²) in [4.78, 5) is 48.3. The Balaban J connectivity index is 1.02. The Morgan fingerprint density at radius 2 is 1.55 bits per heavy atom. The molecule has 11 heteroatoms. The number of fused-ring (bicyclic) bond motifs is 3. The van der Waals surface area contributed by atoms with E-state index in [9.17, 15) is 14.4 Å². The molecule has 0 aliphatic heterocycles. The summed E-state index contributed by atoms with van der Waals surface area (Å²) < 4.78 is 11.0. The second-order valence-corrected chi connectivity index (χ2v) is 13.5. The molecule has 250 valence electrons. The molecule has 0 unspecified atom stereocenters. The normalized spacial score (nSPS) is 12.1. The minimum atomic E-state index is -0.663. The third kappa shape index (κ3) is 8.13. The van der Waals surface area contributed by atoms with Crippen molar-refractivity contribution in [1.29, 1.82) is 0 Å². The first-order chi connectivity index (χ1) is 23.5. The molecule has 3 aromatic carbocycles. The van der Waals surface area contributed by atoms with Gasteiger partial charge in [-0.2, -0.15) is 0 Å². The number of nitrogens with one attached hydrogen (secondary N) is 2. The molecule has 49 heavy (non-hydrogen) atoms. The van der Waals surface area contributed by atoms with Crippen LogP contribution in [0.4, 0.5) is 15.7 Å². The Morgan fingerprint density at radius 3 is 2.27 bits per heavy atom. The largest absolute Gasteiger partial charge is 0.459 e. The lowest BCUT2D eigenvalue weighted by Crippen LogP contribution is -2.33. The number of esters is 1. The van der Waals surface area contributed by atoms with Crippen molar-refractivity contribution in [2.75, 3.05) is 37.0 Å². The van der Waals surface area contributed by atoms with E-state index in [1.807, 2.05) is 86.8 Å². The number of thiazole rings is 1. The lowest BCUT2D eigenvalue weighted by atomic mass is 9.98. The monoisotopic (exact) mass is 675 g/mol. The van der Waals surface area contributed by atoms with Crippen molar-refractivity contribution in [2.45, 2.75) is 32.3 Å². The molecule has 0 saturated heterocycles. The first-order valence-electron chi connectivity index (χ1n) is 15.9. The van der Waals surface area contributed by atoms with Crippen LogP contribution in [0.1, 0.15) is 37.8 Å². The molecule has 2 heterocycles. The van der Waals surface area contributed by atoms with Gasteiger partial charge in [-0.1, -0.05) is 66.7 Å². The zero-order chi connectivity index (χ0) is 34.5. The standard InChI is InChI=1S/C38H37N5O5S/c1-38(2,3)48-35(45)21-43(4)33-19-25(16-17-39-33)24-10-9-11-26(18-24)32-23-49-36(41-32)42-34(44)20-40-37(46)47-22-31-29-14-7-5-12-27(29)28-13-6-8-15-30(28)31/h5-19,23,31H,20-22H2,1-4H3,(H,40,46)(H,41,42,44). The average molecular weight is 676 g/mol. The number of carbonyl (C=O) groups excluding carboxylic acids is 3. The number of rotatable bonds is 10. The van der Waals surface area contributed by atoms with Gasteiger partial charge in [-0.3, -0.25) is 9.59 Å². The van der Waals surface area contributed by atoms with E-state index in [1.54, 1.807) is 18.1 Å². The van der Waals surface area contributed by atoms with Crippen molar-refractivity contribution in [3.05, 3.63) is 108 Å². The number of carbonyl (C=O) groups is 3. The van der Waals surface area contributed by atoms with E-state index in [0.717, 1.165) is 38.9 Å². The molecule has 2 aromatic heterocycles. The SMILES string of the molecule is CN(CC(=O)OC(C)(C)C)c1cc(-c2cccc(-c3csc(NC(=O)CNC(=O)OCC4c5ccccc5-c5ccccc54)n3)c2)ccn1. The van der Waals surface area contributed by atoms with Gasteiger partial charge in [-0.25, -0.2) is 14.8 Å². The van der Waals surface area contributed by atoms with Crippen LogP contribution in [-0.2, 0) is 19.1 Å².